The van der Waals surface area contributed by atoms with Gasteiger partial charge in [0, 0.05) is 30.2 Å². The average Bonchev–Trinajstić information content (AvgIpc) is 2.78. The number of hydrogen-bond acceptors (Lipinski definition) is 2. The Balaban J connectivity index is 1.56. The minimum atomic E-state index is -0.362. The maximum Gasteiger partial charge on any atom is 0.326 e. The highest BCUT2D eigenvalue weighted by Crippen LogP contribution is 2.25. The Kier molecular flexibility index (Phi) is 8.36. The van der Waals surface area contributed by atoms with Crippen molar-refractivity contribution < 1.29 is 9.59 Å². The van der Waals surface area contributed by atoms with Crippen LogP contribution in [0.2, 0.25) is 10.0 Å². The van der Waals surface area contributed by atoms with Crippen molar-refractivity contribution in [1.29, 1.82) is 0 Å². The molecule has 32 heavy (non-hydrogen) atoms. The minimum Gasteiger partial charge on any atom is -0.338 e. The third-order valence-corrected chi connectivity index (χ3v) is 5.46. The summed E-state index contributed by atoms with van der Waals surface area (Å²) in [4.78, 5) is 26.8. The molecule has 0 atom stereocenters. The van der Waals surface area contributed by atoms with Gasteiger partial charge in [0.05, 0.1) is 10.0 Å². The van der Waals surface area contributed by atoms with E-state index < -0.39 is 0 Å². The normalized spacial score (nSPS) is 10.3. The minimum absolute atomic E-state index is 0.231. The number of aryl methyl sites for hydroxylation is 1. The van der Waals surface area contributed by atoms with Crippen LogP contribution in [0.3, 0.4) is 0 Å². The van der Waals surface area contributed by atoms with E-state index in [0.29, 0.717) is 35.2 Å². The molecule has 6 nitrogen and oxygen atoms in total. The molecule has 4 amide bonds. The summed E-state index contributed by atoms with van der Waals surface area (Å²) in [6.45, 7) is 2.75. The Morgan fingerprint density at radius 3 is 2.31 bits per heavy atom. The van der Waals surface area contributed by atoms with Gasteiger partial charge >= 0.3 is 12.1 Å². The molecule has 3 N–H and O–H groups in total. The van der Waals surface area contributed by atoms with E-state index in [0.717, 1.165) is 16.9 Å². The third-order valence-electron chi connectivity index (χ3n) is 4.72. The molecule has 3 rings (SSSR count). The van der Waals surface area contributed by atoms with Gasteiger partial charge in [0.2, 0.25) is 0 Å². The van der Waals surface area contributed by atoms with Crippen molar-refractivity contribution in [3.63, 3.8) is 0 Å². The van der Waals surface area contributed by atoms with E-state index in [4.69, 9.17) is 23.2 Å². The largest absolute Gasteiger partial charge is 0.338 e. The molecule has 0 bridgehead atoms. The molecular weight excluding hydrogens is 447 g/mol. The predicted molar refractivity (Wildman–Crippen MR) is 132 cm³/mol. The number of para-hydroxylation sites is 2. The zero-order valence-electron chi connectivity index (χ0n) is 17.6. The van der Waals surface area contributed by atoms with E-state index in [-0.39, 0.29) is 12.1 Å². The number of anilines is 3. The monoisotopic (exact) mass is 470 g/mol. The number of nitrogens with one attached hydrogen (secondary N) is 3. The summed E-state index contributed by atoms with van der Waals surface area (Å²) in [5.41, 5.74) is 3.06. The van der Waals surface area contributed by atoms with Crippen LogP contribution in [0.4, 0.5) is 26.7 Å². The molecule has 0 unspecified atom stereocenters. The molecule has 3 aromatic rings. The highest BCUT2D eigenvalue weighted by atomic mass is 35.5. The summed E-state index contributed by atoms with van der Waals surface area (Å²) in [7, 11) is 0. The number of nitrogens with zero attached hydrogens (tertiary/aromatic N) is 1. The molecule has 0 heterocycles. The first-order chi connectivity index (χ1) is 15.4. The third kappa shape index (κ3) is 6.64. The summed E-state index contributed by atoms with van der Waals surface area (Å²) in [5, 5.41) is 9.24. The second-order valence-electron chi connectivity index (χ2n) is 7.10. The van der Waals surface area contributed by atoms with Gasteiger partial charge in [-0.3, -0.25) is 4.90 Å². The highest BCUT2D eigenvalue weighted by molar-refractivity contribution is 6.42. The summed E-state index contributed by atoms with van der Waals surface area (Å²) < 4.78 is 0. The molecule has 3 aromatic carbocycles. The van der Waals surface area contributed by atoms with Crippen LogP contribution in [0.15, 0.2) is 72.8 Å². The number of amides is 4. The van der Waals surface area contributed by atoms with E-state index in [1.807, 2.05) is 61.5 Å². The quantitative estimate of drug-likeness (QED) is 0.342. The Hall–Kier alpha value is -3.22. The van der Waals surface area contributed by atoms with Gasteiger partial charge in [-0.1, -0.05) is 59.6 Å². The van der Waals surface area contributed by atoms with Crippen LogP contribution in [-0.2, 0) is 0 Å². The van der Waals surface area contributed by atoms with Crippen molar-refractivity contribution in [3.8, 4) is 0 Å². The lowest BCUT2D eigenvalue weighted by atomic mass is 10.2. The second-order valence-corrected chi connectivity index (χ2v) is 7.91. The average molecular weight is 471 g/mol. The molecule has 166 valence electrons. The van der Waals surface area contributed by atoms with E-state index >= 15 is 0 Å². The van der Waals surface area contributed by atoms with Gasteiger partial charge in [0.15, 0.2) is 0 Å². The van der Waals surface area contributed by atoms with Gasteiger partial charge in [-0.05, 0) is 55.3 Å². The molecule has 0 fully saturated rings. The zero-order valence-corrected chi connectivity index (χ0v) is 19.1. The number of halogens is 2. The van der Waals surface area contributed by atoms with E-state index in [9.17, 15) is 9.59 Å². The lowest BCUT2D eigenvalue weighted by Crippen LogP contribution is -2.38. The van der Waals surface area contributed by atoms with Crippen molar-refractivity contribution in [1.82, 2.24) is 5.32 Å². The van der Waals surface area contributed by atoms with Gasteiger partial charge in [-0.25, -0.2) is 9.59 Å². The molecule has 0 radical (unpaired) electrons. The first-order valence-electron chi connectivity index (χ1n) is 10.1. The van der Waals surface area contributed by atoms with E-state index in [1.165, 1.54) is 0 Å². The second kappa shape index (κ2) is 11.4. The van der Waals surface area contributed by atoms with Crippen molar-refractivity contribution in [3.05, 3.63) is 88.4 Å². The topological polar surface area (TPSA) is 73.5 Å². The fourth-order valence-corrected chi connectivity index (χ4v) is 3.34. The number of carbonyl (C=O) groups is 2. The van der Waals surface area contributed by atoms with Crippen molar-refractivity contribution in [2.24, 2.45) is 0 Å². The summed E-state index contributed by atoms with van der Waals surface area (Å²) in [6.07, 6.45) is 0.560. The SMILES string of the molecule is Cc1ccccc1NC(=O)N(CCCNC(=O)Nc1ccc(Cl)c(Cl)c1)c1ccccc1. The number of rotatable bonds is 7. The molecule has 0 saturated carbocycles. The van der Waals surface area contributed by atoms with Crippen LogP contribution < -0.4 is 20.9 Å². The lowest BCUT2D eigenvalue weighted by molar-refractivity contribution is 0.252. The smallest absolute Gasteiger partial charge is 0.326 e. The summed E-state index contributed by atoms with van der Waals surface area (Å²) in [6, 6.07) is 21.3. The Labute approximate surface area is 197 Å². The van der Waals surface area contributed by atoms with Crippen LogP contribution >= 0.6 is 23.2 Å². The molecule has 0 aliphatic heterocycles. The van der Waals surface area contributed by atoms with Crippen LogP contribution in [0.1, 0.15) is 12.0 Å². The van der Waals surface area contributed by atoms with Gasteiger partial charge in [-0.15, -0.1) is 0 Å². The number of urea groups is 2. The van der Waals surface area contributed by atoms with Crippen LogP contribution in [0.5, 0.6) is 0 Å². The van der Waals surface area contributed by atoms with Gasteiger partial charge < -0.3 is 16.0 Å². The molecule has 0 aliphatic carbocycles. The van der Waals surface area contributed by atoms with Gasteiger partial charge in [0.1, 0.15) is 0 Å². The maximum absolute atomic E-state index is 13.0. The number of carbonyl (C=O) groups excluding carboxylic acids is 2. The fourth-order valence-electron chi connectivity index (χ4n) is 3.04. The Morgan fingerprint density at radius 1 is 0.875 bits per heavy atom. The molecule has 8 heteroatoms. The van der Waals surface area contributed by atoms with Crippen molar-refractivity contribution >= 4 is 52.3 Å². The lowest BCUT2D eigenvalue weighted by Gasteiger charge is -2.24. The Morgan fingerprint density at radius 2 is 1.59 bits per heavy atom. The number of benzene rings is 3. The molecule has 0 aliphatic rings. The van der Waals surface area contributed by atoms with Crippen LogP contribution in [-0.4, -0.2) is 25.2 Å². The van der Waals surface area contributed by atoms with Crippen LogP contribution in [0.25, 0.3) is 0 Å². The van der Waals surface area contributed by atoms with Crippen LogP contribution in [0, 0.1) is 6.92 Å². The zero-order chi connectivity index (χ0) is 22.9. The summed E-state index contributed by atoms with van der Waals surface area (Å²) in [5.74, 6) is 0. The first-order valence-corrected chi connectivity index (χ1v) is 10.9. The standard InChI is InChI=1S/C24H24Cl2N4O2/c1-17-8-5-6-11-22(17)29-24(32)30(19-9-3-2-4-10-19)15-7-14-27-23(31)28-18-12-13-20(25)21(26)16-18/h2-6,8-13,16H,7,14-15H2,1H3,(H,29,32)(H2,27,28,31). The van der Waals surface area contributed by atoms with Crippen molar-refractivity contribution in [2.75, 3.05) is 28.6 Å². The highest BCUT2D eigenvalue weighted by Gasteiger charge is 2.16. The molecule has 0 saturated heterocycles. The van der Waals surface area contributed by atoms with Gasteiger partial charge in [0.25, 0.3) is 0 Å². The molecule has 0 aromatic heterocycles. The Bertz CT molecular complexity index is 1080. The van der Waals surface area contributed by atoms with Gasteiger partial charge in [-0.2, -0.15) is 0 Å². The maximum atomic E-state index is 13.0. The fraction of sp³-hybridized carbons (Fsp3) is 0.167. The van der Waals surface area contributed by atoms with Crippen molar-refractivity contribution in [2.45, 2.75) is 13.3 Å². The van der Waals surface area contributed by atoms with E-state index in [2.05, 4.69) is 16.0 Å². The molecule has 0 spiro atoms. The summed E-state index contributed by atoms with van der Waals surface area (Å²) >= 11 is 11.9. The predicted octanol–water partition coefficient (Wildman–Crippen LogP) is 6.55. The first kappa shape index (κ1) is 23.4. The molecular formula is C24H24Cl2N4O2. The van der Waals surface area contributed by atoms with E-state index in [1.54, 1.807) is 23.1 Å². The number of hydrogen-bond donors (Lipinski definition) is 3.